The molecule has 0 spiro atoms. The Labute approximate surface area is 186 Å². The Morgan fingerprint density at radius 1 is 0.871 bits per heavy atom. The minimum Gasteiger partial charge on any atom is -0.477 e. The first-order valence-corrected chi connectivity index (χ1v) is 9.66. The number of carbonyl (C=O) groups is 1. The molecule has 3 aromatic carbocycles. The molecule has 0 radical (unpaired) electrons. The molecule has 162 valence electrons. The summed E-state index contributed by atoms with van der Waals surface area (Å²) in [4.78, 5) is 12.2. The predicted molar refractivity (Wildman–Crippen MR) is 110 cm³/mol. The average molecular weight is 471 g/mol. The van der Waals surface area contributed by atoms with Gasteiger partial charge in [0, 0.05) is 6.07 Å². The van der Waals surface area contributed by atoms with Crippen molar-refractivity contribution >= 4 is 29.2 Å². The molecule has 0 saturated carbocycles. The zero-order valence-corrected chi connectivity index (χ0v) is 17.5. The molecule has 0 saturated heterocycles. The zero-order chi connectivity index (χ0) is 22.6. The van der Waals surface area contributed by atoms with Crippen LogP contribution in [0, 0.1) is 0 Å². The Balaban J connectivity index is 1.72. The Kier molecular flexibility index (Phi) is 6.97. The normalized spacial score (nSPS) is 12.2. The summed E-state index contributed by atoms with van der Waals surface area (Å²) >= 11 is 12.0. The second-order valence-corrected chi connectivity index (χ2v) is 7.15. The van der Waals surface area contributed by atoms with Crippen molar-refractivity contribution in [3.63, 3.8) is 0 Å². The van der Waals surface area contributed by atoms with Crippen molar-refractivity contribution in [2.45, 2.75) is 19.2 Å². The van der Waals surface area contributed by atoms with E-state index >= 15 is 0 Å². The summed E-state index contributed by atoms with van der Waals surface area (Å²) in [5.41, 5.74) is -0.893. The minimum absolute atomic E-state index is 0.0134. The second kappa shape index (κ2) is 9.49. The molecule has 0 aromatic heterocycles. The fourth-order valence-electron chi connectivity index (χ4n) is 2.45. The first kappa shape index (κ1) is 22.8. The Hall–Kier alpha value is -2.90. The van der Waals surface area contributed by atoms with Gasteiger partial charge in [0.15, 0.2) is 6.10 Å². The molecule has 0 aliphatic rings. The van der Waals surface area contributed by atoms with E-state index < -0.39 is 23.8 Å². The Morgan fingerprint density at radius 2 is 1.58 bits per heavy atom. The number of alkyl halides is 3. The van der Waals surface area contributed by atoms with Gasteiger partial charge in [-0.1, -0.05) is 41.4 Å². The molecule has 0 N–H and O–H groups in total. The molecule has 0 heterocycles. The molecule has 0 bridgehead atoms. The van der Waals surface area contributed by atoms with Crippen LogP contribution in [0.15, 0.2) is 66.7 Å². The number of hydrogen-bond donors (Lipinski definition) is 0. The van der Waals surface area contributed by atoms with Gasteiger partial charge in [-0.2, -0.15) is 13.2 Å². The lowest BCUT2D eigenvalue weighted by molar-refractivity contribution is -0.141. The van der Waals surface area contributed by atoms with E-state index in [9.17, 15) is 18.0 Å². The van der Waals surface area contributed by atoms with E-state index in [1.54, 1.807) is 30.3 Å². The molecule has 0 amide bonds. The van der Waals surface area contributed by atoms with Gasteiger partial charge in [0.05, 0.1) is 15.6 Å². The lowest BCUT2D eigenvalue weighted by Crippen LogP contribution is -2.28. The third-order valence-corrected chi connectivity index (χ3v) is 4.59. The summed E-state index contributed by atoms with van der Waals surface area (Å²) in [6.07, 6.45) is -5.52. The molecule has 0 aliphatic carbocycles. The van der Waals surface area contributed by atoms with Crippen LogP contribution in [-0.2, 0) is 11.0 Å². The number of rotatable bonds is 6. The van der Waals surface area contributed by atoms with Crippen LogP contribution in [0.2, 0.25) is 10.0 Å². The van der Waals surface area contributed by atoms with E-state index in [1.807, 2.05) is 0 Å². The van der Waals surface area contributed by atoms with Crippen molar-refractivity contribution in [1.82, 2.24) is 0 Å². The van der Waals surface area contributed by atoms with Gasteiger partial charge in [-0.3, -0.25) is 0 Å². The average Bonchev–Trinajstić information content (AvgIpc) is 2.71. The summed E-state index contributed by atoms with van der Waals surface area (Å²) in [7, 11) is 0. The highest BCUT2D eigenvalue weighted by Crippen LogP contribution is 2.38. The summed E-state index contributed by atoms with van der Waals surface area (Å²) in [6, 6.07) is 15.5. The van der Waals surface area contributed by atoms with Gasteiger partial charge >= 0.3 is 12.1 Å². The van der Waals surface area contributed by atoms with Crippen LogP contribution in [0.25, 0.3) is 0 Å². The molecular formula is C22H15Cl2F3O4. The maximum absolute atomic E-state index is 12.8. The third kappa shape index (κ3) is 6.06. The fraction of sp³-hybridized carbons (Fsp3) is 0.136. The van der Waals surface area contributed by atoms with Crippen LogP contribution in [-0.4, -0.2) is 12.1 Å². The van der Waals surface area contributed by atoms with Gasteiger partial charge in [-0.15, -0.1) is 0 Å². The molecule has 9 heteroatoms. The smallest absolute Gasteiger partial charge is 0.416 e. The van der Waals surface area contributed by atoms with Crippen molar-refractivity contribution in [2.24, 2.45) is 0 Å². The summed E-state index contributed by atoms with van der Waals surface area (Å²) in [5.74, 6) is 0.0614. The Morgan fingerprint density at radius 3 is 2.23 bits per heavy atom. The molecule has 1 unspecified atom stereocenters. The van der Waals surface area contributed by atoms with Crippen molar-refractivity contribution in [3.8, 4) is 23.0 Å². The largest absolute Gasteiger partial charge is 0.477 e. The molecule has 4 nitrogen and oxygen atoms in total. The monoisotopic (exact) mass is 470 g/mol. The molecular weight excluding hydrogens is 456 g/mol. The Bertz CT molecular complexity index is 1070. The molecule has 0 aliphatic heterocycles. The fourth-order valence-corrected chi connectivity index (χ4v) is 2.83. The number of esters is 1. The van der Waals surface area contributed by atoms with Gasteiger partial charge in [0.25, 0.3) is 0 Å². The van der Waals surface area contributed by atoms with E-state index in [1.165, 1.54) is 25.1 Å². The maximum Gasteiger partial charge on any atom is 0.416 e. The number of ether oxygens (including phenoxy) is 3. The number of hydrogen-bond acceptors (Lipinski definition) is 4. The van der Waals surface area contributed by atoms with Gasteiger partial charge in [0.2, 0.25) is 0 Å². The van der Waals surface area contributed by atoms with E-state index in [0.717, 1.165) is 18.2 Å². The number of benzene rings is 3. The zero-order valence-electron chi connectivity index (χ0n) is 16.0. The van der Waals surface area contributed by atoms with E-state index in [0.29, 0.717) is 5.75 Å². The molecule has 1 atom stereocenters. The van der Waals surface area contributed by atoms with E-state index in [2.05, 4.69) is 0 Å². The standard InChI is InChI=1S/C22H15Cl2F3O4/c1-13(21(28)31-15-5-3-2-4-6-15)29-20-12-16(8-9-17(20)23)30-19-10-7-14(11-18(19)24)22(25,26)27/h2-13H,1H3. The highest BCUT2D eigenvalue weighted by Gasteiger charge is 2.31. The number of carbonyl (C=O) groups excluding carboxylic acids is 1. The SMILES string of the molecule is CC(Oc1cc(Oc2ccc(C(F)(F)F)cc2Cl)ccc1Cl)C(=O)Oc1ccccc1. The first-order valence-electron chi connectivity index (χ1n) is 8.91. The van der Waals surface area contributed by atoms with Crippen LogP contribution in [0.5, 0.6) is 23.0 Å². The quantitative estimate of drug-likeness (QED) is 0.282. The number of para-hydroxylation sites is 1. The second-order valence-electron chi connectivity index (χ2n) is 6.33. The van der Waals surface area contributed by atoms with Crippen molar-refractivity contribution in [2.75, 3.05) is 0 Å². The van der Waals surface area contributed by atoms with Crippen LogP contribution in [0.1, 0.15) is 12.5 Å². The van der Waals surface area contributed by atoms with E-state index in [-0.39, 0.29) is 27.3 Å². The van der Waals surface area contributed by atoms with Crippen LogP contribution < -0.4 is 14.2 Å². The van der Waals surface area contributed by atoms with Crippen molar-refractivity contribution in [1.29, 1.82) is 0 Å². The van der Waals surface area contributed by atoms with Crippen LogP contribution in [0.4, 0.5) is 13.2 Å². The van der Waals surface area contributed by atoms with Crippen LogP contribution >= 0.6 is 23.2 Å². The summed E-state index contributed by atoms with van der Waals surface area (Å²) < 4.78 is 54.7. The molecule has 3 aromatic rings. The predicted octanol–water partition coefficient (Wildman–Crippen LogP) is 7.18. The van der Waals surface area contributed by atoms with E-state index in [4.69, 9.17) is 37.4 Å². The molecule has 0 fully saturated rings. The van der Waals surface area contributed by atoms with Gasteiger partial charge in [0.1, 0.15) is 23.0 Å². The minimum atomic E-state index is -4.52. The summed E-state index contributed by atoms with van der Waals surface area (Å²) in [5, 5.41) is -0.0164. The lowest BCUT2D eigenvalue weighted by Gasteiger charge is -2.16. The molecule has 31 heavy (non-hydrogen) atoms. The summed E-state index contributed by atoms with van der Waals surface area (Å²) in [6.45, 7) is 1.49. The maximum atomic E-state index is 12.8. The van der Waals surface area contributed by atoms with Gasteiger partial charge in [-0.05, 0) is 49.4 Å². The van der Waals surface area contributed by atoms with Gasteiger partial charge < -0.3 is 14.2 Å². The van der Waals surface area contributed by atoms with Crippen LogP contribution in [0.3, 0.4) is 0 Å². The van der Waals surface area contributed by atoms with Crippen molar-refractivity contribution < 1.29 is 32.2 Å². The topological polar surface area (TPSA) is 44.8 Å². The highest BCUT2D eigenvalue weighted by atomic mass is 35.5. The first-order chi connectivity index (χ1) is 14.6. The third-order valence-electron chi connectivity index (χ3n) is 3.99. The van der Waals surface area contributed by atoms with Gasteiger partial charge in [-0.25, -0.2) is 4.79 Å². The molecule has 3 rings (SSSR count). The highest BCUT2D eigenvalue weighted by molar-refractivity contribution is 6.32. The number of halogens is 5. The lowest BCUT2D eigenvalue weighted by atomic mass is 10.2. The van der Waals surface area contributed by atoms with Crippen molar-refractivity contribution in [3.05, 3.63) is 82.3 Å².